The molecule has 0 fully saturated rings. The molecule has 72 valence electrons. The van der Waals surface area contributed by atoms with Crippen molar-refractivity contribution < 1.29 is 9.53 Å². The van der Waals surface area contributed by atoms with Crippen molar-refractivity contribution in [1.29, 1.82) is 0 Å². The van der Waals surface area contributed by atoms with E-state index in [0.717, 1.165) is 0 Å². The van der Waals surface area contributed by atoms with Crippen molar-refractivity contribution >= 4 is 6.09 Å². The Labute approximate surface area is 75.1 Å². The van der Waals surface area contributed by atoms with Crippen LogP contribution in [-0.4, -0.2) is 32.9 Å². The fraction of sp³-hybridized carbons (Fsp3) is 0.667. The molecule has 0 radical (unpaired) electrons. The van der Waals surface area contributed by atoms with Crippen molar-refractivity contribution in [2.75, 3.05) is 6.61 Å². The van der Waals surface area contributed by atoms with Crippen LogP contribution in [0.25, 0.3) is 0 Å². The number of carbonyl (C=O) groups is 1. The minimum atomic E-state index is -0.467. The van der Waals surface area contributed by atoms with E-state index in [9.17, 15) is 4.79 Å². The van der Waals surface area contributed by atoms with Gasteiger partial charge in [0, 0.05) is 7.05 Å². The molecule has 0 aliphatic carbocycles. The molecular weight excluding hydrogens is 174 g/mol. The summed E-state index contributed by atoms with van der Waals surface area (Å²) >= 11 is 0. The summed E-state index contributed by atoms with van der Waals surface area (Å²) in [6.07, 6.45) is -0.467. The number of hydrogen-bond donors (Lipinski definition) is 1. The van der Waals surface area contributed by atoms with Gasteiger partial charge in [0.2, 0.25) is 0 Å². The number of rotatable bonds is 3. The standard InChI is InChI=1S/C6H11N5O2/c1-3-13-6(12)7-4-5-8-9-10-11(5)2/h3-4H2,1-2H3,(H,7,12). The van der Waals surface area contributed by atoms with Gasteiger partial charge in [-0.1, -0.05) is 0 Å². The number of hydrogen-bond acceptors (Lipinski definition) is 5. The largest absolute Gasteiger partial charge is 0.450 e. The molecule has 0 atom stereocenters. The van der Waals surface area contributed by atoms with Gasteiger partial charge in [0.1, 0.15) is 0 Å². The van der Waals surface area contributed by atoms with Crippen molar-refractivity contribution in [3.8, 4) is 0 Å². The lowest BCUT2D eigenvalue weighted by Crippen LogP contribution is -2.25. The van der Waals surface area contributed by atoms with Crippen molar-refractivity contribution in [3.63, 3.8) is 0 Å². The van der Waals surface area contributed by atoms with Crippen LogP contribution in [0, 0.1) is 0 Å². The first-order valence-electron chi connectivity index (χ1n) is 3.86. The van der Waals surface area contributed by atoms with Gasteiger partial charge < -0.3 is 10.1 Å². The van der Waals surface area contributed by atoms with Crippen LogP contribution in [0.1, 0.15) is 12.7 Å². The van der Waals surface area contributed by atoms with E-state index in [-0.39, 0.29) is 6.54 Å². The maximum atomic E-state index is 10.8. The fourth-order valence-corrected chi connectivity index (χ4v) is 0.731. The summed E-state index contributed by atoms with van der Waals surface area (Å²) < 4.78 is 6.13. The lowest BCUT2D eigenvalue weighted by Gasteiger charge is -2.02. The van der Waals surface area contributed by atoms with Crippen LogP contribution in [0.2, 0.25) is 0 Å². The molecule has 1 amide bonds. The Hall–Kier alpha value is -1.66. The summed E-state index contributed by atoms with van der Waals surface area (Å²) in [6, 6.07) is 0. The maximum absolute atomic E-state index is 10.8. The first kappa shape index (κ1) is 9.43. The number of alkyl carbamates (subject to hydrolysis) is 1. The Morgan fingerprint density at radius 3 is 3.00 bits per heavy atom. The highest BCUT2D eigenvalue weighted by molar-refractivity contribution is 5.66. The van der Waals surface area contributed by atoms with Gasteiger partial charge in [-0.3, -0.25) is 0 Å². The van der Waals surface area contributed by atoms with Crippen LogP contribution in [0.15, 0.2) is 0 Å². The average Bonchev–Trinajstić information content (AvgIpc) is 2.48. The van der Waals surface area contributed by atoms with Gasteiger partial charge in [0.25, 0.3) is 0 Å². The molecule has 0 saturated heterocycles. The van der Waals surface area contributed by atoms with E-state index < -0.39 is 6.09 Å². The van der Waals surface area contributed by atoms with E-state index in [4.69, 9.17) is 0 Å². The summed E-state index contributed by atoms with van der Waals surface area (Å²) in [6.45, 7) is 2.36. The average molecular weight is 185 g/mol. The SMILES string of the molecule is CCOC(=O)NCc1nnnn1C. The van der Waals surface area contributed by atoms with Crippen molar-refractivity contribution in [3.05, 3.63) is 5.82 Å². The molecule has 13 heavy (non-hydrogen) atoms. The Morgan fingerprint density at radius 2 is 2.46 bits per heavy atom. The molecule has 0 spiro atoms. The summed E-state index contributed by atoms with van der Waals surface area (Å²) in [5.74, 6) is 0.577. The predicted molar refractivity (Wildman–Crippen MR) is 42.7 cm³/mol. The van der Waals surface area contributed by atoms with E-state index in [1.165, 1.54) is 4.68 Å². The topological polar surface area (TPSA) is 81.9 Å². The lowest BCUT2D eigenvalue weighted by molar-refractivity contribution is 0.151. The summed E-state index contributed by atoms with van der Waals surface area (Å²) in [7, 11) is 1.70. The second-order valence-electron chi connectivity index (χ2n) is 2.29. The smallest absolute Gasteiger partial charge is 0.407 e. The Kier molecular flexibility index (Phi) is 3.18. The zero-order valence-corrected chi connectivity index (χ0v) is 7.52. The number of aromatic nitrogens is 4. The Morgan fingerprint density at radius 1 is 1.69 bits per heavy atom. The van der Waals surface area contributed by atoms with Crippen molar-refractivity contribution in [2.24, 2.45) is 7.05 Å². The first-order valence-corrected chi connectivity index (χ1v) is 3.86. The first-order chi connectivity index (χ1) is 6.24. The summed E-state index contributed by atoms with van der Waals surface area (Å²) in [5.41, 5.74) is 0. The van der Waals surface area contributed by atoms with E-state index in [0.29, 0.717) is 12.4 Å². The summed E-state index contributed by atoms with van der Waals surface area (Å²) in [4.78, 5) is 10.8. The molecule has 1 N–H and O–H groups in total. The number of tetrazole rings is 1. The van der Waals surface area contributed by atoms with E-state index >= 15 is 0 Å². The van der Waals surface area contributed by atoms with Crippen LogP contribution in [0.5, 0.6) is 0 Å². The Bertz CT molecular complexity index is 284. The zero-order chi connectivity index (χ0) is 9.68. The minimum Gasteiger partial charge on any atom is -0.450 e. The molecule has 0 unspecified atom stereocenters. The molecule has 1 aromatic rings. The number of nitrogens with zero attached hydrogens (tertiary/aromatic N) is 4. The molecule has 1 rings (SSSR count). The van der Waals surface area contributed by atoms with Gasteiger partial charge in [0.05, 0.1) is 13.2 Å². The van der Waals surface area contributed by atoms with Gasteiger partial charge in [-0.05, 0) is 17.4 Å². The van der Waals surface area contributed by atoms with Crippen LogP contribution in [0.3, 0.4) is 0 Å². The number of aryl methyl sites for hydroxylation is 1. The minimum absolute atomic E-state index is 0.266. The number of carbonyl (C=O) groups excluding carboxylic acids is 1. The monoisotopic (exact) mass is 185 g/mol. The highest BCUT2D eigenvalue weighted by Gasteiger charge is 2.04. The third-order valence-electron chi connectivity index (χ3n) is 1.37. The number of nitrogens with one attached hydrogen (secondary N) is 1. The lowest BCUT2D eigenvalue weighted by atomic mass is 10.6. The Balaban J connectivity index is 2.35. The normalized spacial score (nSPS) is 9.69. The number of amides is 1. The van der Waals surface area contributed by atoms with E-state index in [2.05, 4.69) is 25.6 Å². The number of ether oxygens (including phenoxy) is 1. The highest BCUT2D eigenvalue weighted by Crippen LogP contribution is 1.87. The van der Waals surface area contributed by atoms with Crippen LogP contribution >= 0.6 is 0 Å². The second-order valence-corrected chi connectivity index (χ2v) is 2.29. The van der Waals surface area contributed by atoms with E-state index in [1.807, 2.05) is 0 Å². The van der Waals surface area contributed by atoms with Crippen LogP contribution < -0.4 is 5.32 Å². The molecule has 7 heteroatoms. The van der Waals surface area contributed by atoms with Crippen LogP contribution in [-0.2, 0) is 18.3 Å². The molecular formula is C6H11N5O2. The van der Waals surface area contributed by atoms with Gasteiger partial charge in [-0.15, -0.1) is 5.10 Å². The van der Waals surface area contributed by atoms with Crippen LogP contribution in [0.4, 0.5) is 4.79 Å². The molecule has 0 aliphatic rings. The van der Waals surface area contributed by atoms with E-state index in [1.54, 1.807) is 14.0 Å². The molecule has 0 aromatic carbocycles. The second kappa shape index (κ2) is 4.39. The van der Waals surface area contributed by atoms with Crippen molar-refractivity contribution in [1.82, 2.24) is 25.5 Å². The molecule has 0 bridgehead atoms. The molecule has 0 aliphatic heterocycles. The third-order valence-corrected chi connectivity index (χ3v) is 1.37. The predicted octanol–water partition coefficient (Wildman–Crippen LogP) is -0.544. The fourth-order valence-electron chi connectivity index (χ4n) is 0.731. The van der Waals surface area contributed by atoms with Crippen molar-refractivity contribution in [2.45, 2.75) is 13.5 Å². The van der Waals surface area contributed by atoms with Gasteiger partial charge >= 0.3 is 6.09 Å². The van der Waals surface area contributed by atoms with Gasteiger partial charge in [0.15, 0.2) is 5.82 Å². The molecule has 7 nitrogen and oxygen atoms in total. The summed E-state index contributed by atoms with van der Waals surface area (Å²) in [5, 5.41) is 13.2. The zero-order valence-electron chi connectivity index (χ0n) is 7.52. The highest BCUT2D eigenvalue weighted by atomic mass is 16.5. The quantitative estimate of drug-likeness (QED) is 0.683. The third kappa shape index (κ3) is 2.69. The molecule has 1 heterocycles. The van der Waals surface area contributed by atoms with Gasteiger partial charge in [-0.25, -0.2) is 9.48 Å². The molecule has 1 aromatic heterocycles. The van der Waals surface area contributed by atoms with Gasteiger partial charge in [-0.2, -0.15) is 0 Å². The maximum Gasteiger partial charge on any atom is 0.407 e. The molecule has 0 saturated carbocycles.